The Labute approximate surface area is 87.5 Å². The second-order valence-corrected chi connectivity index (χ2v) is 4.52. The van der Waals surface area contributed by atoms with Gasteiger partial charge in [0, 0.05) is 18.6 Å². The van der Waals surface area contributed by atoms with Crippen LogP contribution in [0.25, 0.3) is 0 Å². The molecule has 1 heterocycles. The summed E-state index contributed by atoms with van der Waals surface area (Å²) < 4.78 is 0. The first-order valence-corrected chi connectivity index (χ1v) is 5.75. The maximum absolute atomic E-state index is 9.43. The fraction of sp³-hybridized carbons (Fsp3) is 1.00. The van der Waals surface area contributed by atoms with Crippen molar-refractivity contribution in [2.75, 3.05) is 20.1 Å². The summed E-state index contributed by atoms with van der Waals surface area (Å²) in [6, 6.07) is 1.27. The van der Waals surface area contributed by atoms with E-state index in [1.807, 2.05) is 6.92 Å². The highest BCUT2D eigenvalue weighted by molar-refractivity contribution is 4.81. The first-order valence-electron chi connectivity index (χ1n) is 5.75. The molecule has 3 nitrogen and oxygen atoms in total. The van der Waals surface area contributed by atoms with Crippen molar-refractivity contribution in [3.63, 3.8) is 0 Å². The van der Waals surface area contributed by atoms with Crippen molar-refractivity contribution in [3.05, 3.63) is 0 Å². The van der Waals surface area contributed by atoms with Crippen LogP contribution in [0.5, 0.6) is 0 Å². The first kappa shape index (κ1) is 12.0. The molecule has 0 aromatic carbocycles. The molecule has 2 N–H and O–H groups in total. The van der Waals surface area contributed by atoms with Gasteiger partial charge >= 0.3 is 0 Å². The standard InChI is InChI=1S/C11H24N2O/c1-4-11(14)8-12-10-5-6-13(3)9(2)7-10/h9-12,14H,4-8H2,1-3H3. The van der Waals surface area contributed by atoms with E-state index in [2.05, 4.69) is 24.2 Å². The fourth-order valence-corrected chi connectivity index (χ4v) is 1.92. The second-order valence-electron chi connectivity index (χ2n) is 4.52. The Morgan fingerprint density at radius 2 is 2.29 bits per heavy atom. The summed E-state index contributed by atoms with van der Waals surface area (Å²) in [5.41, 5.74) is 0. The Kier molecular flexibility index (Phi) is 4.85. The van der Waals surface area contributed by atoms with Crippen LogP contribution in [0.1, 0.15) is 33.1 Å². The molecule has 1 saturated heterocycles. The SMILES string of the molecule is CCC(O)CNC1CCN(C)C(C)C1. The van der Waals surface area contributed by atoms with Crippen molar-refractivity contribution in [3.8, 4) is 0 Å². The van der Waals surface area contributed by atoms with E-state index in [9.17, 15) is 5.11 Å². The predicted octanol–water partition coefficient (Wildman–Crippen LogP) is 0.830. The molecular formula is C11H24N2O. The zero-order valence-electron chi connectivity index (χ0n) is 9.66. The molecule has 0 aromatic rings. The van der Waals surface area contributed by atoms with Crippen molar-refractivity contribution in [2.24, 2.45) is 0 Å². The van der Waals surface area contributed by atoms with Crippen LogP contribution in [0.2, 0.25) is 0 Å². The maximum Gasteiger partial charge on any atom is 0.0662 e. The summed E-state index contributed by atoms with van der Waals surface area (Å²) in [5, 5.41) is 12.9. The van der Waals surface area contributed by atoms with Crippen molar-refractivity contribution in [1.82, 2.24) is 10.2 Å². The van der Waals surface area contributed by atoms with Crippen LogP contribution in [0.4, 0.5) is 0 Å². The minimum absolute atomic E-state index is 0.176. The van der Waals surface area contributed by atoms with E-state index < -0.39 is 0 Å². The van der Waals surface area contributed by atoms with Gasteiger partial charge in [-0.25, -0.2) is 0 Å². The van der Waals surface area contributed by atoms with Gasteiger partial charge in [-0.05, 0) is 39.8 Å². The Morgan fingerprint density at radius 1 is 1.57 bits per heavy atom. The normalized spacial score (nSPS) is 31.7. The van der Waals surface area contributed by atoms with Gasteiger partial charge in [-0.1, -0.05) is 6.92 Å². The number of rotatable bonds is 4. The van der Waals surface area contributed by atoms with Crippen molar-refractivity contribution in [1.29, 1.82) is 0 Å². The maximum atomic E-state index is 9.43. The molecule has 0 spiro atoms. The van der Waals surface area contributed by atoms with Gasteiger partial charge in [0.1, 0.15) is 0 Å². The third kappa shape index (κ3) is 3.56. The van der Waals surface area contributed by atoms with Crippen molar-refractivity contribution >= 4 is 0 Å². The van der Waals surface area contributed by atoms with E-state index in [4.69, 9.17) is 0 Å². The molecule has 3 unspecified atom stereocenters. The van der Waals surface area contributed by atoms with Gasteiger partial charge in [-0.2, -0.15) is 0 Å². The second kappa shape index (κ2) is 5.69. The van der Waals surface area contributed by atoms with E-state index in [0.717, 1.165) is 13.0 Å². The number of nitrogens with zero attached hydrogens (tertiary/aromatic N) is 1. The highest BCUT2D eigenvalue weighted by Gasteiger charge is 2.22. The molecule has 0 saturated carbocycles. The van der Waals surface area contributed by atoms with Gasteiger partial charge in [-0.15, -0.1) is 0 Å². The summed E-state index contributed by atoms with van der Waals surface area (Å²) in [4.78, 5) is 2.40. The largest absolute Gasteiger partial charge is 0.392 e. The molecule has 0 radical (unpaired) electrons. The lowest BCUT2D eigenvalue weighted by atomic mass is 9.99. The van der Waals surface area contributed by atoms with Crippen LogP contribution < -0.4 is 5.32 Å². The highest BCUT2D eigenvalue weighted by Crippen LogP contribution is 2.15. The van der Waals surface area contributed by atoms with Crippen LogP contribution in [-0.4, -0.2) is 48.3 Å². The minimum atomic E-state index is -0.176. The summed E-state index contributed by atoms with van der Waals surface area (Å²) in [7, 11) is 2.18. The number of nitrogens with one attached hydrogen (secondary N) is 1. The Morgan fingerprint density at radius 3 is 2.86 bits per heavy atom. The van der Waals surface area contributed by atoms with E-state index in [0.29, 0.717) is 12.1 Å². The Balaban J connectivity index is 2.20. The number of hydrogen-bond acceptors (Lipinski definition) is 3. The quantitative estimate of drug-likeness (QED) is 0.705. The average Bonchev–Trinajstić information content (AvgIpc) is 2.19. The third-order valence-corrected chi connectivity index (χ3v) is 3.32. The zero-order chi connectivity index (χ0) is 10.6. The Bertz CT molecular complexity index is 163. The minimum Gasteiger partial charge on any atom is -0.392 e. The van der Waals surface area contributed by atoms with Gasteiger partial charge in [0.15, 0.2) is 0 Å². The van der Waals surface area contributed by atoms with E-state index in [1.165, 1.54) is 19.4 Å². The van der Waals surface area contributed by atoms with E-state index >= 15 is 0 Å². The number of piperidine rings is 1. The number of aliphatic hydroxyl groups is 1. The van der Waals surface area contributed by atoms with Gasteiger partial charge in [0.05, 0.1) is 6.10 Å². The summed E-state index contributed by atoms with van der Waals surface area (Å²) in [5.74, 6) is 0. The Hall–Kier alpha value is -0.120. The lowest BCUT2D eigenvalue weighted by molar-refractivity contribution is 0.136. The monoisotopic (exact) mass is 200 g/mol. The zero-order valence-corrected chi connectivity index (χ0v) is 9.66. The molecule has 14 heavy (non-hydrogen) atoms. The number of likely N-dealkylation sites (tertiary alicyclic amines) is 1. The topological polar surface area (TPSA) is 35.5 Å². The van der Waals surface area contributed by atoms with Crippen LogP contribution in [0, 0.1) is 0 Å². The van der Waals surface area contributed by atoms with Crippen molar-refractivity contribution < 1.29 is 5.11 Å². The number of hydrogen-bond donors (Lipinski definition) is 2. The third-order valence-electron chi connectivity index (χ3n) is 3.32. The molecule has 3 atom stereocenters. The molecule has 1 fully saturated rings. The molecule has 1 rings (SSSR count). The van der Waals surface area contributed by atoms with Crippen LogP contribution >= 0.6 is 0 Å². The van der Waals surface area contributed by atoms with Crippen LogP contribution in [-0.2, 0) is 0 Å². The molecule has 0 aromatic heterocycles. The molecule has 1 aliphatic heterocycles. The van der Waals surface area contributed by atoms with E-state index in [1.54, 1.807) is 0 Å². The molecule has 1 aliphatic rings. The molecular weight excluding hydrogens is 176 g/mol. The van der Waals surface area contributed by atoms with Gasteiger partial charge in [-0.3, -0.25) is 0 Å². The molecule has 0 bridgehead atoms. The van der Waals surface area contributed by atoms with Crippen molar-refractivity contribution in [2.45, 2.75) is 51.3 Å². The van der Waals surface area contributed by atoms with Gasteiger partial charge < -0.3 is 15.3 Å². The average molecular weight is 200 g/mol. The highest BCUT2D eigenvalue weighted by atomic mass is 16.3. The van der Waals surface area contributed by atoms with Gasteiger partial charge in [0.25, 0.3) is 0 Å². The smallest absolute Gasteiger partial charge is 0.0662 e. The molecule has 0 amide bonds. The first-order chi connectivity index (χ1) is 6.63. The number of aliphatic hydroxyl groups excluding tert-OH is 1. The lowest BCUT2D eigenvalue weighted by Gasteiger charge is -2.35. The van der Waals surface area contributed by atoms with E-state index in [-0.39, 0.29) is 6.10 Å². The molecule has 3 heteroatoms. The predicted molar refractivity (Wildman–Crippen MR) is 59.4 cm³/mol. The van der Waals surface area contributed by atoms with Crippen LogP contribution in [0.3, 0.4) is 0 Å². The van der Waals surface area contributed by atoms with Crippen LogP contribution in [0.15, 0.2) is 0 Å². The summed E-state index contributed by atoms with van der Waals surface area (Å²) in [6.07, 6.45) is 3.07. The summed E-state index contributed by atoms with van der Waals surface area (Å²) >= 11 is 0. The molecule has 0 aliphatic carbocycles. The lowest BCUT2D eigenvalue weighted by Crippen LogP contribution is -2.47. The van der Waals surface area contributed by atoms with Gasteiger partial charge in [0.2, 0.25) is 0 Å². The molecule has 84 valence electrons. The fourth-order valence-electron chi connectivity index (χ4n) is 1.92. The summed E-state index contributed by atoms with van der Waals surface area (Å²) in [6.45, 7) is 6.20.